The van der Waals surface area contributed by atoms with Crippen molar-refractivity contribution in [3.8, 4) is 0 Å². The fraction of sp³-hybridized carbons (Fsp3) is 0.929. The highest BCUT2D eigenvalue weighted by Crippen LogP contribution is 2.22. The quantitative estimate of drug-likeness (QED) is 0.365. The molecule has 0 spiro atoms. The Bertz CT molecular complexity index is 241. The Balaban J connectivity index is 3.74. The van der Waals surface area contributed by atoms with Gasteiger partial charge in [0.05, 0.1) is 5.84 Å². The van der Waals surface area contributed by atoms with E-state index in [-0.39, 0.29) is 5.41 Å². The lowest BCUT2D eigenvalue weighted by atomic mass is 9.86. The average Bonchev–Trinajstić information content (AvgIpc) is 2.31. The Hall–Kier alpha value is -0.220. The van der Waals surface area contributed by atoms with Gasteiger partial charge in [0.1, 0.15) is 0 Å². The van der Waals surface area contributed by atoms with Crippen molar-refractivity contribution in [1.82, 2.24) is 4.90 Å². The number of nitrogens with one attached hydrogen (secondary N) is 1. The second kappa shape index (κ2) is 8.81. The molecule has 0 aliphatic carbocycles. The molecular formula is C14H31N3S. The molecule has 0 aromatic rings. The minimum absolute atomic E-state index is 0.136. The van der Waals surface area contributed by atoms with E-state index in [2.05, 4.69) is 39.0 Å². The van der Waals surface area contributed by atoms with E-state index in [1.165, 1.54) is 18.6 Å². The maximum Gasteiger partial charge on any atom is 0.0963 e. The first-order chi connectivity index (χ1) is 8.31. The summed E-state index contributed by atoms with van der Waals surface area (Å²) in [6.07, 6.45) is 6.77. The first kappa shape index (κ1) is 17.8. The van der Waals surface area contributed by atoms with Crippen molar-refractivity contribution in [3.05, 3.63) is 0 Å². The summed E-state index contributed by atoms with van der Waals surface area (Å²) in [5, 5.41) is 7.53. The number of nitrogens with zero attached hydrogens (tertiary/aromatic N) is 1. The predicted octanol–water partition coefficient (Wildman–Crippen LogP) is 3.19. The van der Waals surface area contributed by atoms with Crippen LogP contribution in [0.2, 0.25) is 0 Å². The molecule has 3 nitrogen and oxygen atoms in total. The summed E-state index contributed by atoms with van der Waals surface area (Å²) in [4.78, 5) is 2.44. The van der Waals surface area contributed by atoms with Crippen LogP contribution in [0.25, 0.3) is 0 Å². The largest absolute Gasteiger partial charge is 0.387 e. The van der Waals surface area contributed by atoms with Gasteiger partial charge in [-0.2, -0.15) is 11.8 Å². The molecule has 0 aliphatic rings. The van der Waals surface area contributed by atoms with E-state index in [1.54, 1.807) is 0 Å². The van der Waals surface area contributed by atoms with Gasteiger partial charge >= 0.3 is 0 Å². The number of amidine groups is 1. The minimum Gasteiger partial charge on any atom is -0.387 e. The van der Waals surface area contributed by atoms with Gasteiger partial charge in [0.25, 0.3) is 0 Å². The van der Waals surface area contributed by atoms with Crippen LogP contribution < -0.4 is 5.73 Å². The van der Waals surface area contributed by atoms with Gasteiger partial charge in [0.2, 0.25) is 0 Å². The van der Waals surface area contributed by atoms with E-state index in [9.17, 15) is 0 Å². The van der Waals surface area contributed by atoms with Gasteiger partial charge < -0.3 is 10.6 Å². The van der Waals surface area contributed by atoms with Crippen LogP contribution >= 0.6 is 11.8 Å². The number of thioether (sulfide) groups is 1. The molecule has 0 amide bonds. The lowest BCUT2D eigenvalue weighted by Gasteiger charge is -2.26. The van der Waals surface area contributed by atoms with Crippen LogP contribution in [0.1, 0.15) is 46.5 Å². The van der Waals surface area contributed by atoms with E-state index in [4.69, 9.17) is 11.1 Å². The lowest BCUT2D eigenvalue weighted by Crippen LogP contribution is -2.32. The van der Waals surface area contributed by atoms with Gasteiger partial charge in [0, 0.05) is 11.5 Å². The van der Waals surface area contributed by atoms with E-state index in [0.717, 1.165) is 19.4 Å². The molecule has 1 unspecified atom stereocenters. The highest BCUT2D eigenvalue weighted by atomic mass is 32.2. The van der Waals surface area contributed by atoms with Crippen LogP contribution in [0.5, 0.6) is 0 Å². The lowest BCUT2D eigenvalue weighted by molar-refractivity contribution is 0.244. The van der Waals surface area contributed by atoms with E-state index in [0.29, 0.717) is 11.9 Å². The number of unbranched alkanes of at least 4 members (excludes halogenated alkanes) is 1. The molecule has 3 N–H and O–H groups in total. The van der Waals surface area contributed by atoms with Gasteiger partial charge in [-0.15, -0.1) is 0 Å². The SMILES string of the molecule is CSCCC(C)N(C)CCCCC(C)(C)C(=N)N. The number of hydrogen-bond donors (Lipinski definition) is 2. The van der Waals surface area contributed by atoms with Gasteiger partial charge in [0.15, 0.2) is 0 Å². The third kappa shape index (κ3) is 7.27. The zero-order valence-corrected chi connectivity index (χ0v) is 13.6. The normalized spacial score (nSPS) is 13.9. The van der Waals surface area contributed by atoms with Crippen LogP contribution in [0, 0.1) is 10.8 Å². The van der Waals surface area contributed by atoms with Gasteiger partial charge in [-0.25, -0.2) is 0 Å². The van der Waals surface area contributed by atoms with Gasteiger partial charge in [-0.3, -0.25) is 5.41 Å². The Morgan fingerprint density at radius 1 is 1.39 bits per heavy atom. The van der Waals surface area contributed by atoms with E-state index >= 15 is 0 Å². The highest BCUT2D eigenvalue weighted by molar-refractivity contribution is 7.98. The van der Waals surface area contributed by atoms with Crippen molar-refractivity contribution < 1.29 is 0 Å². The maximum absolute atomic E-state index is 7.53. The molecule has 0 heterocycles. The van der Waals surface area contributed by atoms with Gasteiger partial charge in [-0.05, 0) is 51.8 Å². The third-order valence-electron chi connectivity index (χ3n) is 3.78. The van der Waals surface area contributed by atoms with Crippen molar-refractivity contribution in [1.29, 1.82) is 5.41 Å². The highest BCUT2D eigenvalue weighted by Gasteiger charge is 2.20. The zero-order valence-electron chi connectivity index (χ0n) is 12.8. The van der Waals surface area contributed by atoms with Crippen LogP contribution in [0.15, 0.2) is 0 Å². The second-order valence-electron chi connectivity index (χ2n) is 5.87. The van der Waals surface area contributed by atoms with E-state index < -0.39 is 0 Å². The van der Waals surface area contributed by atoms with Crippen molar-refractivity contribution in [2.75, 3.05) is 25.6 Å². The van der Waals surface area contributed by atoms with Crippen LogP contribution in [-0.2, 0) is 0 Å². The standard InChI is InChI=1S/C14H31N3S/c1-12(8-11-18-5)17(4)10-7-6-9-14(2,3)13(15)16/h12H,6-11H2,1-5H3,(H3,15,16). The molecule has 0 saturated heterocycles. The first-order valence-electron chi connectivity index (χ1n) is 6.85. The topological polar surface area (TPSA) is 53.1 Å². The maximum atomic E-state index is 7.53. The molecule has 1 atom stereocenters. The molecule has 0 radical (unpaired) electrons. The summed E-state index contributed by atoms with van der Waals surface area (Å²) in [6, 6.07) is 0.665. The summed E-state index contributed by atoms with van der Waals surface area (Å²) in [5.74, 6) is 1.55. The zero-order chi connectivity index (χ0) is 14.2. The summed E-state index contributed by atoms with van der Waals surface area (Å²) < 4.78 is 0. The first-order valence-corrected chi connectivity index (χ1v) is 8.24. The Kier molecular flexibility index (Phi) is 8.70. The fourth-order valence-corrected chi connectivity index (χ4v) is 2.37. The summed E-state index contributed by atoms with van der Waals surface area (Å²) >= 11 is 1.92. The van der Waals surface area contributed by atoms with Crippen molar-refractivity contribution >= 4 is 17.6 Å². The minimum atomic E-state index is -0.136. The monoisotopic (exact) mass is 273 g/mol. The molecule has 18 heavy (non-hydrogen) atoms. The fourth-order valence-electron chi connectivity index (χ4n) is 1.79. The second-order valence-corrected chi connectivity index (χ2v) is 6.85. The number of nitrogens with two attached hydrogens (primary N) is 1. The number of rotatable bonds is 10. The molecule has 0 fully saturated rings. The van der Waals surface area contributed by atoms with Crippen molar-refractivity contribution in [2.45, 2.75) is 52.5 Å². The smallest absolute Gasteiger partial charge is 0.0963 e. The Labute approximate surface area is 117 Å². The molecule has 108 valence electrons. The van der Waals surface area contributed by atoms with Crippen LogP contribution in [0.3, 0.4) is 0 Å². The molecule has 0 rings (SSSR count). The molecular weight excluding hydrogens is 242 g/mol. The molecule has 0 saturated carbocycles. The van der Waals surface area contributed by atoms with Crippen molar-refractivity contribution in [2.24, 2.45) is 11.1 Å². The third-order valence-corrected chi connectivity index (χ3v) is 4.43. The molecule has 4 heteroatoms. The number of hydrogen-bond acceptors (Lipinski definition) is 3. The van der Waals surface area contributed by atoms with Gasteiger partial charge in [-0.1, -0.05) is 20.3 Å². The Morgan fingerprint density at radius 2 is 2.00 bits per heavy atom. The molecule has 0 aliphatic heterocycles. The van der Waals surface area contributed by atoms with Crippen molar-refractivity contribution in [3.63, 3.8) is 0 Å². The van der Waals surface area contributed by atoms with Crippen LogP contribution in [0.4, 0.5) is 0 Å². The summed E-state index contributed by atoms with van der Waals surface area (Å²) in [7, 11) is 2.21. The molecule has 0 aromatic heterocycles. The summed E-state index contributed by atoms with van der Waals surface area (Å²) in [5.41, 5.74) is 5.45. The summed E-state index contributed by atoms with van der Waals surface area (Å²) in [6.45, 7) is 7.56. The predicted molar refractivity (Wildman–Crippen MR) is 84.6 cm³/mol. The van der Waals surface area contributed by atoms with E-state index in [1.807, 2.05) is 11.8 Å². The Morgan fingerprint density at radius 3 is 2.50 bits per heavy atom. The molecule has 0 bridgehead atoms. The van der Waals surface area contributed by atoms with Crippen LogP contribution in [-0.4, -0.2) is 42.4 Å². The average molecular weight is 273 g/mol. The molecule has 0 aromatic carbocycles.